The minimum Gasteiger partial charge on any atom is -0.404 e. The van der Waals surface area contributed by atoms with Crippen LogP contribution in [0, 0.1) is 17.1 Å². The average Bonchev–Trinajstić information content (AvgIpc) is 2.62. The van der Waals surface area contributed by atoms with Crippen LogP contribution in [-0.2, 0) is 4.79 Å². The number of carbonyl (C=O) groups excluding carboxylic acids is 1. The van der Waals surface area contributed by atoms with Crippen molar-refractivity contribution in [2.24, 2.45) is 11.7 Å². The fraction of sp³-hybridized carbons (Fsp3) is 0.444. The number of anilines is 1. The SMILES string of the molecule is N=C/C(=C\N)C(=O)NCCCC1CCN(c2ccc(Cl)c(F)c2)CC1. The number of nitrogens with two attached hydrogens (primary N) is 1. The summed E-state index contributed by atoms with van der Waals surface area (Å²) >= 11 is 5.73. The van der Waals surface area contributed by atoms with Gasteiger partial charge in [0.2, 0.25) is 0 Å². The molecule has 0 spiro atoms. The van der Waals surface area contributed by atoms with Crippen LogP contribution in [0.25, 0.3) is 0 Å². The largest absolute Gasteiger partial charge is 0.404 e. The Morgan fingerprint density at radius 2 is 2.16 bits per heavy atom. The second-order valence-electron chi connectivity index (χ2n) is 6.19. The van der Waals surface area contributed by atoms with Crippen molar-refractivity contribution in [3.63, 3.8) is 0 Å². The molecule has 1 aliphatic rings. The van der Waals surface area contributed by atoms with Crippen LogP contribution >= 0.6 is 11.6 Å². The van der Waals surface area contributed by atoms with E-state index < -0.39 is 0 Å². The van der Waals surface area contributed by atoms with Gasteiger partial charge in [0, 0.05) is 37.7 Å². The number of halogens is 2. The summed E-state index contributed by atoms with van der Waals surface area (Å²) in [5.74, 6) is -0.0810. The fourth-order valence-electron chi connectivity index (χ4n) is 3.05. The molecule has 0 saturated carbocycles. The molecule has 0 atom stereocenters. The molecule has 1 aliphatic heterocycles. The van der Waals surface area contributed by atoms with Gasteiger partial charge >= 0.3 is 0 Å². The predicted molar refractivity (Wildman–Crippen MR) is 99.6 cm³/mol. The van der Waals surface area contributed by atoms with E-state index >= 15 is 0 Å². The molecule has 0 radical (unpaired) electrons. The monoisotopic (exact) mass is 366 g/mol. The molecule has 25 heavy (non-hydrogen) atoms. The van der Waals surface area contributed by atoms with E-state index in [-0.39, 0.29) is 22.3 Å². The highest BCUT2D eigenvalue weighted by Crippen LogP contribution is 2.28. The van der Waals surface area contributed by atoms with Gasteiger partial charge in [-0.05, 0) is 49.8 Å². The molecule has 4 N–H and O–H groups in total. The second kappa shape index (κ2) is 9.42. The van der Waals surface area contributed by atoms with Gasteiger partial charge < -0.3 is 21.4 Å². The fourth-order valence-corrected chi connectivity index (χ4v) is 3.16. The van der Waals surface area contributed by atoms with Gasteiger partial charge in [0.25, 0.3) is 5.91 Å². The van der Waals surface area contributed by atoms with E-state index in [9.17, 15) is 9.18 Å². The molecule has 0 bridgehead atoms. The number of rotatable bonds is 7. The molecule has 2 rings (SSSR count). The molecule has 1 aromatic rings. The average molecular weight is 367 g/mol. The molecule has 7 heteroatoms. The van der Waals surface area contributed by atoms with Crippen molar-refractivity contribution < 1.29 is 9.18 Å². The van der Waals surface area contributed by atoms with Crippen LogP contribution in [0.3, 0.4) is 0 Å². The summed E-state index contributed by atoms with van der Waals surface area (Å²) in [5, 5.41) is 9.99. The standard InChI is InChI=1S/C18H24ClFN4O/c19-16-4-3-15(10-17(16)20)24-8-5-13(6-9-24)2-1-7-23-18(25)14(11-21)12-22/h3-4,10-13,21H,1-2,5-9,22H2,(H,23,25)/b14-12+,21-11?. The molecule has 136 valence electrons. The molecule has 5 nitrogen and oxygen atoms in total. The Labute approximate surface area is 152 Å². The molecule has 0 aliphatic carbocycles. The van der Waals surface area contributed by atoms with Gasteiger partial charge in [0.15, 0.2) is 0 Å². The Morgan fingerprint density at radius 1 is 1.44 bits per heavy atom. The Hall–Kier alpha value is -2.08. The number of carbonyl (C=O) groups is 1. The zero-order valence-electron chi connectivity index (χ0n) is 14.1. The Kier molecular flexibility index (Phi) is 7.25. The van der Waals surface area contributed by atoms with E-state index in [1.807, 2.05) is 6.07 Å². The summed E-state index contributed by atoms with van der Waals surface area (Å²) in [5.41, 5.74) is 6.32. The molecule has 1 aromatic carbocycles. The zero-order valence-corrected chi connectivity index (χ0v) is 14.9. The van der Waals surface area contributed by atoms with Gasteiger partial charge in [-0.15, -0.1) is 0 Å². The minimum absolute atomic E-state index is 0.149. The van der Waals surface area contributed by atoms with Crippen molar-refractivity contribution in [2.75, 3.05) is 24.5 Å². The maximum absolute atomic E-state index is 13.6. The smallest absolute Gasteiger partial charge is 0.254 e. The van der Waals surface area contributed by atoms with Crippen LogP contribution in [0.2, 0.25) is 5.02 Å². The van der Waals surface area contributed by atoms with E-state index in [0.717, 1.165) is 56.9 Å². The van der Waals surface area contributed by atoms with E-state index in [4.69, 9.17) is 22.7 Å². The first-order valence-electron chi connectivity index (χ1n) is 8.45. The molecule has 1 fully saturated rings. The first-order chi connectivity index (χ1) is 12.0. The lowest BCUT2D eigenvalue weighted by Crippen LogP contribution is -2.34. The van der Waals surface area contributed by atoms with Crippen molar-refractivity contribution in [2.45, 2.75) is 25.7 Å². The third kappa shape index (κ3) is 5.46. The van der Waals surface area contributed by atoms with Crippen LogP contribution in [0.15, 0.2) is 30.0 Å². The van der Waals surface area contributed by atoms with Gasteiger partial charge in [-0.3, -0.25) is 4.79 Å². The predicted octanol–water partition coefficient (Wildman–Crippen LogP) is 3.08. The van der Waals surface area contributed by atoms with Crippen LogP contribution < -0.4 is 16.0 Å². The molecule has 1 amide bonds. The molecule has 1 heterocycles. The maximum atomic E-state index is 13.6. The number of benzene rings is 1. The Bertz CT molecular complexity index is 642. The number of hydrogen-bond donors (Lipinski definition) is 3. The normalized spacial score (nSPS) is 15.9. The van der Waals surface area contributed by atoms with Crippen molar-refractivity contribution in [3.8, 4) is 0 Å². The Balaban J connectivity index is 1.69. The van der Waals surface area contributed by atoms with Crippen molar-refractivity contribution in [3.05, 3.63) is 40.8 Å². The van der Waals surface area contributed by atoms with Gasteiger partial charge in [-0.25, -0.2) is 4.39 Å². The minimum atomic E-state index is -0.382. The van der Waals surface area contributed by atoms with E-state index in [0.29, 0.717) is 12.5 Å². The molecular formula is C18H24ClFN4O. The highest BCUT2D eigenvalue weighted by atomic mass is 35.5. The van der Waals surface area contributed by atoms with E-state index in [1.54, 1.807) is 6.07 Å². The lowest BCUT2D eigenvalue weighted by atomic mass is 9.92. The third-order valence-corrected chi connectivity index (χ3v) is 4.86. The maximum Gasteiger partial charge on any atom is 0.254 e. The molecule has 0 aromatic heterocycles. The number of piperidine rings is 1. The van der Waals surface area contributed by atoms with Gasteiger partial charge in [0.1, 0.15) is 5.82 Å². The van der Waals surface area contributed by atoms with Gasteiger partial charge in [-0.2, -0.15) is 0 Å². The number of nitrogens with one attached hydrogen (secondary N) is 2. The lowest BCUT2D eigenvalue weighted by Gasteiger charge is -2.33. The number of hydrogen-bond acceptors (Lipinski definition) is 4. The molecule has 1 saturated heterocycles. The molecule has 0 unspecified atom stereocenters. The van der Waals surface area contributed by atoms with Gasteiger partial charge in [0.05, 0.1) is 10.6 Å². The third-order valence-electron chi connectivity index (χ3n) is 4.55. The summed E-state index contributed by atoms with van der Waals surface area (Å²) < 4.78 is 13.6. The first-order valence-corrected chi connectivity index (χ1v) is 8.83. The second-order valence-corrected chi connectivity index (χ2v) is 6.60. The highest BCUT2D eigenvalue weighted by Gasteiger charge is 2.20. The highest BCUT2D eigenvalue weighted by molar-refractivity contribution is 6.30. The Morgan fingerprint density at radius 3 is 2.76 bits per heavy atom. The van der Waals surface area contributed by atoms with Gasteiger partial charge in [-0.1, -0.05) is 11.6 Å². The van der Waals surface area contributed by atoms with Crippen LogP contribution in [0.5, 0.6) is 0 Å². The molecular weight excluding hydrogens is 343 g/mol. The van der Waals surface area contributed by atoms with E-state index in [2.05, 4.69) is 10.2 Å². The van der Waals surface area contributed by atoms with Crippen molar-refractivity contribution in [1.29, 1.82) is 5.41 Å². The number of amides is 1. The van der Waals surface area contributed by atoms with E-state index in [1.165, 1.54) is 6.07 Å². The summed E-state index contributed by atoms with van der Waals surface area (Å²) in [4.78, 5) is 13.8. The van der Waals surface area contributed by atoms with Crippen LogP contribution in [-0.4, -0.2) is 31.8 Å². The van der Waals surface area contributed by atoms with Crippen LogP contribution in [0.1, 0.15) is 25.7 Å². The summed E-state index contributed by atoms with van der Waals surface area (Å²) in [6.07, 6.45) is 6.11. The topological polar surface area (TPSA) is 82.2 Å². The summed E-state index contributed by atoms with van der Waals surface area (Å²) in [6, 6.07) is 4.94. The quantitative estimate of drug-likeness (QED) is 0.394. The van der Waals surface area contributed by atoms with Crippen LogP contribution in [0.4, 0.5) is 10.1 Å². The summed E-state index contributed by atoms with van der Waals surface area (Å²) in [6.45, 7) is 2.37. The number of nitrogens with zero attached hydrogens (tertiary/aromatic N) is 1. The summed E-state index contributed by atoms with van der Waals surface area (Å²) in [7, 11) is 0. The lowest BCUT2D eigenvalue weighted by molar-refractivity contribution is -0.117. The van der Waals surface area contributed by atoms with Crippen molar-refractivity contribution in [1.82, 2.24) is 5.32 Å². The first kappa shape index (κ1) is 19.2. The zero-order chi connectivity index (χ0) is 18.2. The van der Waals surface area contributed by atoms with Crippen molar-refractivity contribution >= 4 is 29.4 Å².